The number of hydrogen-bond donors (Lipinski definition) is 2. The van der Waals surface area contributed by atoms with Crippen molar-refractivity contribution in [1.29, 1.82) is 0 Å². The first-order chi connectivity index (χ1) is 25.2. The molecule has 2 amide bonds. The number of anilines is 1. The van der Waals surface area contributed by atoms with E-state index in [1.54, 1.807) is 6.33 Å². The molecule has 3 aliphatic heterocycles. The molecule has 284 valence electrons. The number of aromatic nitrogens is 2. The van der Waals surface area contributed by atoms with Crippen LogP contribution < -0.4 is 10.6 Å². The number of nitrogens with zero attached hydrogens (tertiary/aromatic N) is 7. The Morgan fingerprint density at radius 1 is 0.846 bits per heavy atom. The standard InChI is InChI=1S/C40H59ClN8O3/c1-28-25-34(50)37-35(28)38(44-27-43-37)47-21-23-48(24-22-47)39(51)33(30-7-9-32(41)10-8-30)13-16-45-14-11-29(12-15-45)26-46-17-19-49(20-18-46)40(52)36(42)31-5-3-2-4-6-31/h7-10,27-29,31,33-34,36,50H,2-6,11-26,42H2,1H3/t28-,33+,34-,36-/m1/s1. The first kappa shape index (κ1) is 37.5. The average Bonchev–Trinajstić information content (AvgIpc) is 3.48. The molecule has 0 spiro atoms. The Kier molecular flexibility index (Phi) is 12.3. The van der Waals surface area contributed by atoms with Crippen LogP contribution in [0.1, 0.15) is 99.5 Å². The highest BCUT2D eigenvalue weighted by Gasteiger charge is 2.36. The summed E-state index contributed by atoms with van der Waals surface area (Å²) in [6.45, 7) is 12.4. The number of aliphatic hydroxyl groups excluding tert-OH is 1. The second kappa shape index (κ2) is 17.1. The van der Waals surface area contributed by atoms with Crippen LogP contribution in [0.25, 0.3) is 0 Å². The van der Waals surface area contributed by atoms with Crippen LogP contribution in [0.2, 0.25) is 5.02 Å². The number of amides is 2. The Morgan fingerprint density at radius 3 is 2.19 bits per heavy atom. The van der Waals surface area contributed by atoms with Crippen LogP contribution >= 0.6 is 11.6 Å². The molecule has 7 rings (SSSR count). The number of carbonyl (C=O) groups is 2. The maximum atomic E-state index is 14.2. The molecule has 3 saturated heterocycles. The molecule has 3 N–H and O–H groups in total. The predicted octanol–water partition coefficient (Wildman–Crippen LogP) is 4.26. The summed E-state index contributed by atoms with van der Waals surface area (Å²) in [5.41, 5.74) is 9.30. The van der Waals surface area contributed by atoms with Crippen LogP contribution in [0.4, 0.5) is 5.82 Å². The zero-order valence-electron chi connectivity index (χ0n) is 31.0. The van der Waals surface area contributed by atoms with Gasteiger partial charge in [-0.3, -0.25) is 14.5 Å². The van der Waals surface area contributed by atoms with E-state index in [4.69, 9.17) is 17.3 Å². The summed E-state index contributed by atoms with van der Waals surface area (Å²) in [5.74, 6) is 2.27. The van der Waals surface area contributed by atoms with E-state index in [0.29, 0.717) is 49.5 Å². The molecular weight excluding hydrogens is 676 g/mol. The second-order valence-electron chi connectivity index (χ2n) is 16.2. The summed E-state index contributed by atoms with van der Waals surface area (Å²) >= 11 is 6.26. The number of aliphatic hydroxyl groups is 1. The van der Waals surface area contributed by atoms with E-state index in [2.05, 4.69) is 31.6 Å². The Morgan fingerprint density at radius 2 is 1.50 bits per heavy atom. The molecule has 1 aromatic carbocycles. The Balaban J connectivity index is 0.878. The first-order valence-corrected chi connectivity index (χ1v) is 20.4. The predicted molar refractivity (Wildman–Crippen MR) is 204 cm³/mol. The molecule has 12 heteroatoms. The number of piperidine rings is 1. The molecule has 0 bridgehead atoms. The minimum absolute atomic E-state index is 0.166. The van der Waals surface area contributed by atoms with Gasteiger partial charge in [0, 0.05) is 69.5 Å². The lowest BCUT2D eigenvalue weighted by atomic mass is 9.83. The summed E-state index contributed by atoms with van der Waals surface area (Å²) in [6.07, 6.45) is 10.7. The van der Waals surface area contributed by atoms with E-state index in [1.807, 2.05) is 34.1 Å². The molecule has 5 aliphatic rings. The third kappa shape index (κ3) is 8.59. The topological polar surface area (TPSA) is 122 Å². The molecule has 1 saturated carbocycles. The van der Waals surface area contributed by atoms with Crippen molar-refractivity contribution in [2.75, 3.05) is 83.4 Å². The quantitative estimate of drug-likeness (QED) is 0.369. The van der Waals surface area contributed by atoms with Crippen molar-refractivity contribution in [3.8, 4) is 0 Å². The molecule has 11 nitrogen and oxygen atoms in total. The van der Waals surface area contributed by atoms with Gasteiger partial charge >= 0.3 is 0 Å². The fraction of sp³-hybridized carbons (Fsp3) is 0.700. The summed E-state index contributed by atoms with van der Waals surface area (Å²) in [4.78, 5) is 47.7. The summed E-state index contributed by atoms with van der Waals surface area (Å²) in [7, 11) is 0. The first-order valence-electron chi connectivity index (χ1n) is 20.1. The van der Waals surface area contributed by atoms with Gasteiger partial charge in [-0.1, -0.05) is 49.9 Å². The highest BCUT2D eigenvalue weighted by Crippen LogP contribution is 2.43. The molecule has 4 heterocycles. The van der Waals surface area contributed by atoms with Gasteiger partial charge in [-0.2, -0.15) is 0 Å². The lowest BCUT2D eigenvalue weighted by Gasteiger charge is -2.40. The van der Waals surface area contributed by atoms with Crippen LogP contribution in [0.15, 0.2) is 30.6 Å². The second-order valence-corrected chi connectivity index (χ2v) is 16.6. The van der Waals surface area contributed by atoms with Crippen molar-refractivity contribution in [3.63, 3.8) is 0 Å². The van der Waals surface area contributed by atoms with E-state index in [0.717, 1.165) is 107 Å². The van der Waals surface area contributed by atoms with Crippen molar-refractivity contribution in [2.45, 2.75) is 88.7 Å². The molecule has 52 heavy (non-hydrogen) atoms. The van der Waals surface area contributed by atoms with Crippen LogP contribution in [0.3, 0.4) is 0 Å². The van der Waals surface area contributed by atoms with Gasteiger partial charge in [-0.25, -0.2) is 9.97 Å². The SMILES string of the molecule is C[C@@H]1C[C@@H](O)c2ncnc(N3CCN(C(=O)[C@@H](CCN4CCC(CN5CCN(C(=O)[C@H](N)C6CCCCC6)CC5)CC4)c4ccc(Cl)cc4)CC3)c21. The summed E-state index contributed by atoms with van der Waals surface area (Å²) in [5, 5.41) is 11.2. The third-order valence-electron chi connectivity index (χ3n) is 12.8. The van der Waals surface area contributed by atoms with Crippen molar-refractivity contribution >= 4 is 29.2 Å². The van der Waals surface area contributed by atoms with E-state index in [1.165, 1.54) is 19.3 Å². The highest BCUT2D eigenvalue weighted by molar-refractivity contribution is 6.30. The zero-order chi connectivity index (χ0) is 36.2. The van der Waals surface area contributed by atoms with Gasteiger partial charge in [-0.05, 0) is 93.6 Å². The maximum absolute atomic E-state index is 14.2. The Bertz CT molecular complexity index is 1500. The molecule has 1 aromatic heterocycles. The average molecular weight is 735 g/mol. The minimum atomic E-state index is -0.532. The lowest BCUT2D eigenvalue weighted by Crippen LogP contribution is -2.55. The fourth-order valence-corrected chi connectivity index (χ4v) is 9.69. The van der Waals surface area contributed by atoms with Gasteiger partial charge < -0.3 is 30.4 Å². The molecule has 4 fully saturated rings. The van der Waals surface area contributed by atoms with Crippen LogP contribution in [-0.2, 0) is 9.59 Å². The van der Waals surface area contributed by atoms with E-state index in [9.17, 15) is 14.7 Å². The Hall–Kier alpha value is -2.83. The van der Waals surface area contributed by atoms with Crippen molar-refractivity contribution in [1.82, 2.24) is 29.6 Å². The fourth-order valence-electron chi connectivity index (χ4n) is 9.57. The summed E-state index contributed by atoms with van der Waals surface area (Å²) in [6, 6.07) is 7.49. The monoisotopic (exact) mass is 734 g/mol. The van der Waals surface area contributed by atoms with E-state index >= 15 is 0 Å². The summed E-state index contributed by atoms with van der Waals surface area (Å²) < 4.78 is 0. The Labute approximate surface area is 314 Å². The van der Waals surface area contributed by atoms with Gasteiger partial charge in [-0.15, -0.1) is 0 Å². The van der Waals surface area contributed by atoms with Crippen molar-refractivity contribution < 1.29 is 14.7 Å². The number of carbonyl (C=O) groups excluding carboxylic acids is 2. The molecular formula is C40H59ClN8O3. The van der Waals surface area contributed by atoms with Gasteiger partial charge in [0.15, 0.2) is 0 Å². The maximum Gasteiger partial charge on any atom is 0.239 e. The molecule has 0 radical (unpaired) electrons. The number of likely N-dealkylation sites (tertiary alicyclic amines) is 1. The zero-order valence-corrected chi connectivity index (χ0v) is 31.8. The highest BCUT2D eigenvalue weighted by atomic mass is 35.5. The number of halogens is 1. The molecule has 2 aromatic rings. The minimum Gasteiger partial charge on any atom is -0.387 e. The largest absolute Gasteiger partial charge is 0.387 e. The normalized spacial score (nSPS) is 25.3. The number of hydrogen-bond acceptors (Lipinski definition) is 9. The third-order valence-corrected chi connectivity index (χ3v) is 13.1. The van der Waals surface area contributed by atoms with E-state index in [-0.39, 0.29) is 29.7 Å². The van der Waals surface area contributed by atoms with Gasteiger partial charge in [0.2, 0.25) is 11.8 Å². The number of nitrogens with two attached hydrogens (primary N) is 1. The van der Waals surface area contributed by atoms with Gasteiger partial charge in [0.25, 0.3) is 0 Å². The van der Waals surface area contributed by atoms with Crippen molar-refractivity contribution in [3.05, 3.63) is 52.4 Å². The smallest absolute Gasteiger partial charge is 0.239 e. The van der Waals surface area contributed by atoms with Gasteiger partial charge in [0.05, 0.1) is 23.8 Å². The van der Waals surface area contributed by atoms with Gasteiger partial charge in [0.1, 0.15) is 12.1 Å². The van der Waals surface area contributed by atoms with Crippen LogP contribution in [-0.4, -0.2) is 131 Å². The molecule has 2 aliphatic carbocycles. The van der Waals surface area contributed by atoms with E-state index < -0.39 is 6.10 Å². The van der Waals surface area contributed by atoms with Crippen LogP contribution in [0, 0.1) is 11.8 Å². The molecule has 4 atom stereocenters. The number of rotatable bonds is 10. The van der Waals surface area contributed by atoms with Crippen LogP contribution in [0.5, 0.6) is 0 Å². The lowest BCUT2D eigenvalue weighted by molar-refractivity contribution is -0.136. The molecule has 0 unspecified atom stereocenters. The number of benzene rings is 1. The number of piperazine rings is 2. The number of fused-ring (bicyclic) bond motifs is 1. The van der Waals surface area contributed by atoms with Crippen molar-refractivity contribution in [2.24, 2.45) is 17.6 Å².